The number of carbonyl (C=O) groups excluding carboxylic acids is 3. The molecular weight excluding hydrogens is 350 g/mol. The molecule has 1 spiro atoms. The van der Waals surface area contributed by atoms with Crippen molar-refractivity contribution in [3.8, 4) is 0 Å². The Hall–Kier alpha value is -1.89. The van der Waals surface area contributed by atoms with E-state index in [0.717, 1.165) is 16.2 Å². The van der Waals surface area contributed by atoms with Crippen LogP contribution in [0.2, 0.25) is 0 Å². The van der Waals surface area contributed by atoms with Crippen LogP contribution in [0.25, 0.3) is 0 Å². The van der Waals surface area contributed by atoms with Gasteiger partial charge in [-0.05, 0) is 49.0 Å². The maximum Gasteiger partial charge on any atom is 0.325 e. The Morgan fingerprint density at radius 1 is 1.42 bits per heavy atom. The average Bonchev–Trinajstić information content (AvgIpc) is 3.09. The number of hydrogen-bond acceptors (Lipinski definition) is 4. The summed E-state index contributed by atoms with van der Waals surface area (Å²) in [7, 11) is 0. The molecule has 1 aromatic rings. The van der Waals surface area contributed by atoms with Crippen molar-refractivity contribution < 1.29 is 14.4 Å². The van der Waals surface area contributed by atoms with Crippen LogP contribution in [-0.2, 0) is 9.59 Å². The maximum atomic E-state index is 13.0. The van der Waals surface area contributed by atoms with Crippen molar-refractivity contribution in [2.24, 2.45) is 11.3 Å². The normalized spacial score (nSPS) is 28.9. The van der Waals surface area contributed by atoms with E-state index in [1.807, 2.05) is 24.4 Å². The number of urea groups is 1. The predicted octanol–water partition coefficient (Wildman–Crippen LogP) is 3.06. The minimum Gasteiger partial charge on any atom is -0.347 e. The summed E-state index contributed by atoms with van der Waals surface area (Å²) in [5.74, 6) is -0.244. The number of hydrogen-bond donors (Lipinski definition) is 2. The van der Waals surface area contributed by atoms with Gasteiger partial charge in [0.05, 0.1) is 6.04 Å². The molecule has 3 atom stereocenters. The molecule has 3 unspecified atom stereocenters. The second kappa shape index (κ2) is 6.68. The zero-order chi connectivity index (χ0) is 19.1. The number of amides is 4. The molecule has 2 aliphatic rings. The molecule has 3 rings (SSSR count). The first-order valence-corrected chi connectivity index (χ1v) is 9.97. The van der Waals surface area contributed by atoms with Crippen LogP contribution in [0.5, 0.6) is 0 Å². The van der Waals surface area contributed by atoms with Crippen LogP contribution in [0.4, 0.5) is 4.79 Å². The van der Waals surface area contributed by atoms with Crippen LogP contribution in [0.3, 0.4) is 0 Å². The molecule has 0 bridgehead atoms. The summed E-state index contributed by atoms with van der Waals surface area (Å²) in [5.41, 5.74) is -0.884. The molecule has 1 saturated carbocycles. The van der Waals surface area contributed by atoms with Crippen molar-refractivity contribution in [3.63, 3.8) is 0 Å². The van der Waals surface area contributed by atoms with Crippen molar-refractivity contribution in [3.05, 3.63) is 22.4 Å². The van der Waals surface area contributed by atoms with Crippen LogP contribution in [-0.4, -0.2) is 34.8 Å². The van der Waals surface area contributed by atoms with E-state index in [2.05, 4.69) is 31.4 Å². The van der Waals surface area contributed by atoms with Gasteiger partial charge in [-0.15, -0.1) is 11.3 Å². The Balaban J connectivity index is 1.68. The summed E-state index contributed by atoms with van der Waals surface area (Å²) >= 11 is 1.56. The number of nitrogens with one attached hydrogen (secondary N) is 2. The third-order valence-corrected chi connectivity index (χ3v) is 6.33. The fraction of sp³-hybridized carbons (Fsp3) is 0.632. The van der Waals surface area contributed by atoms with Crippen molar-refractivity contribution in [1.29, 1.82) is 0 Å². The molecule has 2 fully saturated rings. The van der Waals surface area contributed by atoms with Crippen molar-refractivity contribution in [2.75, 3.05) is 6.54 Å². The Morgan fingerprint density at radius 2 is 2.15 bits per heavy atom. The number of rotatable bonds is 4. The van der Waals surface area contributed by atoms with E-state index in [4.69, 9.17) is 0 Å². The lowest BCUT2D eigenvalue weighted by molar-refractivity contribution is -0.137. The predicted molar refractivity (Wildman–Crippen MR) is 101 cm³/mol. The van der Waals surface area contributed by atoms with Crippen LogP contribution < -0.4 is 10.6 Å². The molecule has 1 saturated heterocycles. The van der Waals surface area contributed by atoms with Gasteiger partial charge in [-0.3, -0.25) is 14.5 Å². The highest BCUT2D eigenvalue weighted by atomic mass is 32.1. The molecule has 26 heavy (non-hydrogen) atoms. The SMILES string of the molecule is CC1CC(C)(C)CC2(C1)NC(=O)N(CC(=O)NC(C)c1cccs1)C2=O. The average molecular weight is 378 g/mol. The van der Waals surface area contributed by atoms with E-state index in [1.54, 1.807) is 11.3 Å². The minimum atomic E-state index is -0.863. The monoisotopic (exact) mass is 377 g/mol. The van der Waals surface area contributed by atoms with E-state index in [9.17, 15) is 14.4 Å². The Morgan fingerprint density at radius 3 is 2.77 bits per heavy atom. The fourth-order valence-electron chi connectivity index (χ4n) is 4.69. The highest BCUT2D eigenvalue weighted by molar-refractivity contribution is 7.10. The molecule has 142 valence electrons. The molecule has 2 heterocycles. The minimum absolute atomic E-state index is 0.0213. The zero-order valence-electron chi connectivity index (χ0n) is 15.8. The lowest BCUT2D eigenvalue weighted by Crippen LogP contribution is -2.54. The maximum absolute atomic E-state index is 13.0. The van der Waals surface area contributed by atoms with Gasteiger partial charge in [0.15, 0.2) is 0 Å². The first kappa shape index (κ1) is 18.9. The third-order valence-electron chi connectivity index (χ3n) is 5.27. The number of carbonyl (C=O) groups is 3. The van der Waals surface area contributed by atoms with E-state index in [-0.39, 0.29) is 29.8 Å². The van der Waals surface area contributed by atoms with Crippen LogP contribution >= 0.6 is 11.3 Å². The van der Waals surface area contributed by atoms with Gasteiger partial charge in [-0.1, -0.05) is 26.8 Å². The summed E-state index contributed by atoms with van der Waals surface area (Å²) in [6.07, 6.45) is 2.26. The first-order valence-electron chi connectivity index (χ1n) is 9.09. The van der Waals surface area contributed by atoms with Gasteiger partial charge in [0.2, 0.25) is 5.91 Å². The van der Waals surface area contributed by atoms with E-state index in [1.165, 1.54) is 0 Å². The standard InChI is InChI=1S/C19H27N3O3S/c1-12-8-18(3,4)11-19(9-12)16(24)22(17(25)21-19)10-15(23)20-13(2)14-6-5-7-26-14/h5-7,12-13H,8-11H2,1-4H3,(H,20,23)(H,21,25). The number of imide groups is 1. The van der Waals surface area contributed by atoms with E-state index in [0.29, 0.717) is 18.8 Å². The second-order valence-electron chi connectivity index (χ2n) is 8.56. The second-order valence-corrected chi connectivity index (χ2v) is 9.54. The summed E-state index contributed by atoms with van der Waals surface area (Å²) in [5, 5.41) is 7.71. The molecule has 1 aliphatic heterocycles. The summed E-state index contributed by atoms with van der Waals surface area (Å²) in [4.78, 5) is 40.0. The summed E-state index contributed by atoms with van der Waals surface area (Å²) in [6, 6.07) is 3.27. The highest BCUT2D eigenvalue weighted by Gasteiger charge is 2.56. The molecule has 6 nitrogen and oxygen atoms in total. The lowest BCUT2D eigenvalue weighted by atomic mass is 9.64. The molecule has 7 heteroatoms. The molecule has 0 aromatic carbocycles. The zero-order valence-corrected chi connectivity index (χ0v) is 16.6. The van der Waals surface area contributed by atoms with Gasteiger partial charge in [-0.25, -0.2) is 4.79 Å². The number of nitrogens with zero attached hydrogens (tertiary/aromatic N) is 1. The summed E-state index contributed by atoms with van der Waals surface area (Å²) < 4.78 is 0. The molecule has 1 aliphatic carbocycles. The molecule has 2 N–H and O–H groups in total. The van der Waals surface area contributed by atoms with Gasteiger partial charge < -0.3 is 10.6 Å². The topological polar surface area (TPSA) is 78.5 Å². The van der Waals surface area contributed by atoms with Gasteiger partial charge in [0, 0.05) is 4.88 Å². The van der Waals surface area contributed by atoms with Crippen LogP contribution in [0, 0.1) is 11.3 Å². The van der Waals surface area contributed by atoms with Gasteiger partial charge in [-0.2, -0.15) is 0 Å². The Kier molecular flexibility index (Phi) is 4.86. The van der Waals surface area contributed by atoms with Gasteiger partial charge >= 0.3 is 6.03 Å². The van der Waals surface area contributed by atoms with Crippen molar-refractivity contribution in [1.82, 2.24) is 15.5 Å². The van der Waals surface area contributed by atoms with E-state index < -0.39 is 11.6 Å². The van der Waals surface area contributed by atoms with Crippen molar-refractivity contribution >= 4 is 29.2 Å². The quantitative estimate of drug-likeness (QED) is 0.792. The fourth-order valence-corrected chi connectivity index (χ4v) is 5.42. The smallest absolute Gasteiger partial charge is 0.325 e. The Labute approximate surface area is 158 Å². The number of thiophene rings is 1. The molecule has 4 amide bonds. The molecular formula is C19H27N3O3S. The Bertz CT molecular complexity index is 716. The van der Waals surface area contributed by atoms with Gasteiger partial charge in [0.25, 0.3) is 5.91 Å². The van der Waals surface area contributed by atoms with E-state index >= 15 is 0 Å². The molecule has 0 radical (unpaired) electrons. The lowest BCUT2D eigenvalue weighted by Gasteiger charge is -2.43. The van der Waals surface area contributed by atoms with Crippen LogP contribution in [0.15, 0.2) is 17.5 Å². The van der Waals surface area contributed by atoms with Crippen molar-refractivity contribution in [2.45, 2.75) is 58.5 Å². The third kappa shape index (κ3) is 3.63. The van der Waals surface area contributed by atoms with Gasteiger partial charge in [0.1, 0.15) is 12.1 Å². The largest absolute Gasteiger partial charge is 0.347 e. The molecule has 1 aromatic heterocycles. The summed E-state index contributed by atoms with van der Waals surface area (Å²) in [6.45, 7) is 8.02. The highest BCUT2D eigenvalue weighted by Crippen LogP contribution is 2.46. The van der Waals surface area contributed by atoms with Crippen LogP contribution in [0.1, 0.15) is 57.9 Å². The first-order chi connectivity index (χ1) is 12.1.